The Morgan fingerprint density at radius 2 is 2.26 bits per heavy atom. The minimum absolute atomic E-state index is 0.242. The van der Waals surface area contributed by atoms with Crippen molar-refractivity contribution in [2.45, 2.75) is 19.9 Å². The standard InChI is InChI=1S/C13H15ClN4O/c1-3-10-9(8-18(2)17-10)7-15-13(19)11-5-4-6-12(14)16-11/h4-6,8H,3,7H2,1-2H3,(H,15,19). The number of aryl methyl sites for hydroxylation is 2. The van der Waals surface area contributed by atoms with E-state index in [0.717, 1.165) is 17.7 Å². The number of nitrogens with one attached hydrogen (secondary N) is 1. The molecule has 100 valence electrons. The van der Waals surface area contributed by atoms with Crippen molar-refractivity contribution in [1.29, 1.82) is 0 Å². The molecule has 2 heterocycles. The van der Waals surface area contributed by atoms with Gasteiger partial charge in [0.1, 0.15) is 10.8 Å². The van der Waals surface area contributed by atoms with Gasteiger partial charge in [-0.25, -0.2) is 4.98 Å². The van der Waals surface area contributed by atoms with Crippen molar-refractivity contribution < 1.29 is 4.79 Å². The maximum Gasteiger partial charge on any atom is 0.270 e. The fourth-order valence-electron chi connectivity index (χ4n) is 1.83. The highest BCUT2D eigenvalue weighted by Crippen LogP contribution is 2.08. The van der Waals surface area contributed by atoms with Gasteiger partial charge in [0.05, 0.1) is 5.69 Å². The molecular weight excluding hydrogens is 264 g/mol. The van der Waals surface area contributed by atoms with Gasteiger partial charge in [-0.1, -0.05) is 24.6 Å². The van der Waals surface area contributed by atoms with E-state index in [1.807, 2.05) is 20.2 Å². The molecule has 19 heavy (non-hydrogen) atoms. The monoisotopic (exact) mass is 278 g/mol. The number of aromatic nitrogens is 3. The number of halogens is 1. The molecule has 0 unspecified atom stereocenters. The highest BCUT2D eigenvalue weighted by Gasteiger charge is 2.10. The van der Waals surface area contributed by atoms with Crippen LogP contribution in [0.5, 0.6) is 0 Å². The Morgan fingerprint density at radius 1 is 1.47 bits per heavy atom. The lowest BCUT2D eigenvalue weighted by atomic mass is 10.2. The van der Waals surface area contributed by atoms with Crippen LogP contribution in [0.25, 0.3) is 0 Å². The summed E-state index contributed by atoms with van der Waals surface area (Å²) in [6, 6.07) is 4.96. The zero-order chi connectivity index (χ0) is 13.8. The van der Waals surface area contributed by atoms with E-state index in [9.17, 15) is 4.79 Å². The number of carbonyl (C=O) groups excluding carboxylic acids is 1. The third-order valence-corrected chi connectivity index (χ3v) is 2.92. The third kappa shape index (κ3) is 3.32. The van der Waals surface area contributed by atoms with Gasteiger partial charge in [-0.15, -0.1) is 0 Å². The van der Waals surface area contributed by atoms with E-state index < -0.39 is 0 Å². The Hall–Kier alpha value is -1.88. The summed E-state index contributed by atoms with van der Waals surface area (Å²) in [5.74, 6) is -0.242. The van der Waals surface area contributed by atoms with Gasteiger partial charge in [0, 0.05) is 25.4 Å². The molecule has 0 atom stereocenters. The lowest BCUT2D eigenvalue weighted by molar-refractivity contribution is 0.0946. The van der Waals surface area contributed by atoms with Crippen LogP contribution in [0.2, 0.25) is 5.15 Å². The molecule has 0 saturated carbocycles. The van der Waals surface area contributed by atoms with Crippen LogP contribution in [0.3, 0.4) is 0 Å². The summed E-state index contributed by atoms with van der Waals surface area (Å²) in [4.78, 5) is 15.9. The van der Waals surface area contributed by atoms with E-state index in [0.29, 0.717) is 17.4 Å². The smallest absolute Gasteiger partial charge is 0.270 e. The molecule has 5 nitrogen and oxygen atoms in total. The van der Waals surface area contributed by atoms with Crippen LogP contribution in [-0.2, 0) is 20.0 Å². The van der Waals surface area contributed by atoms with Gasteiger partial charge < -0.3 is 5.32 Å². The van der Waals surface area contributed by atoms with Crippen LogP contribution in [0.1, 0.15) is 28.7 Å². The quantitative estimate of drug-likeness (QED) is 0.870. The Labute approximate surface area is 116 Å². The molecule has 0 aromatic carbocycles. The average Bonchev–Trinajstić information content (AvgIpc) is 2.76. The van der Waals surface area contributed by atoms with Gasteiger partial charge in [0.2, 0.25) is 0 Å². The van der Waals surface area contributed by atoms with Crippen molar-refractivity contribution >= 4 is 17.5 Å². The summed E-state index contributed by atoms with van der Waals surface area (Å²) in [6.45, 7) is 2.47. The SMILES string of the molecule is CCc1nn(C)cc1CNC(=O)c1cccc(Cl)n1. The van der Waals surface area contributed by atoms with Gasteiger partial charge in [-0.2, -0.15) is 5.10 Å². The molecule has 0 saturated heterocycles. The first kappa shape index (κ1) is 13.5. The molecule has 2 aromatic rings. The van der Waals surface area contributed by atoms with E-state index in [2.05, 4.69) is 15.4 Å². The van der Waals surface area contributed by atoms with Crippen molar-refractivity contribution in [2.24, 2.45) is 7.05 Å². The van der Waals surface area contributed by atoms with Crippen molar-refractivity contribution in [3.63, 3.8) is 0 Å². The number of amides is 1. The van der Waals surface area contributed by atoms with Gasteiger partial charge in [-0.05, 0) is 18.6 Å². The molecule has 6 heteroatoms. The van der Waals surface area contributed by atoms with Crippen LogP contribution in [0, 0.1) is 0 Å². The number of rotatable bonds is 4. The first-order valence-electron chi connectivity index (χ1n) is 6.02. The van der Waals surface area contributed by atoms with Crippen molar-refractivity contribution in [2.75, 3.05) is 0 Å². The van der Waals surface area contributed by atoms with Gasteiger partial charge >= 0.3 is 0 Å². The normalized spacial score (nSPS) is 10.5. The highest BCUT2D eigenvalue weighted by molar-refractivity contribution is 6.29. The lowest BCUT2D eigenvalue weighted by Crippen LogP contribution is -2.24. The first-order chi connectivity index (χ1) is 9.10. The molecule has 0 bridgehead atoms. The molecule has 0 aliphatic heterocycles. The molecule has 0 radical (unpaired) electrons. The number of carbonyl (C=O) groups is 1. The largest absolute Gasteiger partial charge is 0.346 e. The van der Waals surface area contributed by atoms with E-state index in [1.54, 1.807) is 22.9 Å². The van der Waals surface area contributed by atoms with E-state index in [-0.39, 0.29) is 5.91 Å². The fraction of sp³-hybridized carbons (Fsp3) is 0.308. The van der Waals surface area contributed by atoms with Crippen LogP contribution in [-0.4, -0.2) is 20.7 Å². The molecule has 2 aromatic heterocycles. The second kappa shape index (κ2) is 5.84. The Morgan fingerprint density at radius 3 is 2.95 bits per heavy atom. The predicted octanol–water partition coefficient (Wildman–Crippen LogP) is 1.96. The highest BCUT2D eigenvalue weighted by atomic mass is 35.5. The summed E-state index contributed by atoms with van der Waals surface area (Å²) in [5, 5.41) is 7.45. The first-order valence-corrected chi connectivity index (χ1v) is 6.40. The summed E-state index contributed by atoms with van der Waals surface area (Å²) < 4.78 is 1.75. The van der Waals surface area contributed by atoms with Crippen LogP contribution in [0.4, 0.5) is 0 Å². The zero-order valence-corrected chi connectivity index (χ0v) is 11.6. The minimum atomic E-state index is -0.242. The lowest BCUT2D eigenvalue weighted by Gasteiger charge is -2.04. The molecule has 0 aliphatic carbocycles. The summed E-state index contributed by atoms with van der Waals surface area (Å²) in [6.07, 6.45) is 2.74. The number of hydrogen-bond donors (Lipinski definition) is 1. The molecule has 0 fully saturated rings. The van der Waals surface area contributed by atoms with Gasteiger partial charge in [-0.3, -0.25) is 9.48 Å². The summed E-state index contributed by atoms with van der Waals surface area (Å²) in [5.41, 5.74) is 2.32. The Bertz CT molecular complexity index is 594. The molecule has 0 aliphatic rings. The molecule has 1 amide bonds. The van der Waals surface area contributed by atoms with Crippen molar-refractivity contribution in [3.8, 4) is 0 Å². The van der Waals surface area contributed by atoms with Gasteiger partial charge in [0.25, 0.3) is 5.91 Å². The number of pyridine rings is 1. The molecular formula is C13H15ClN4O. The molecule has 0 spiro atoms. The van der Waals surface area contributed by atoms with Crippen molar-refractivity contribution in [1.82, 2.24) is 20.1 Å². The topological polar surface area (TPSA) is 59.8 Å². The average molecular weight is 279 g/mol. The second-order valence-corrected chi connectivity index (χ2v) is 4.54. The zero-order valence-electron chi connectivity index (χ0n) is 10.9. The predicted molar refractivity (Wildman–Crippen MR) is 73.0 cm³/mol. The maximum absolute atomic E-state index is 11.9. The summed E-state index contributed by atoms with van der Waals surface area (Å²) in [7, 11) is 1.86. The minimum Gasteiger partial charge on any atom is -0.346 e. The molecule has 2 rings (SSSR count). The number of nitrogens with zero attached hydrogens (tertiary/aromatic N) is 3. The third-order valence-electron chi connectivity index (χ3n) is 2.71. The van der Waals surface area contributed by atoms with Crippen LogP contribution < -0.4 is 5.32 Å². The number of hydrogen-bond acceptors (Lipinski definition) is 3. The maximum atomic E-state index is 11.9. The van der Waals surface area contributed by atoms with Crippen molar-refractivity contribution in [3.05, 3.63) is 46.5 Å². The summed E-state index contributed by atoms with van der Waals surface area (Å²) >= 11 is 5.75. The fourth-order valence-corrected chi connectivity index (χ4v) is 1.99. The second-order valence-electron chi connectivity index (χ2n) is 4.16. The van der Waals surface area contributed by atoms with Crippen LogP contribution in [0.15, 0.2) is 24.4 Å². The van der Waals surface area contributed by atoms with E-state index in [1.165, 1.54) is 0 Å². The van der Waals surface area contributed by atoms with Crippen LogP contribution >= 0.6 is 11.6 Å². The molecule has 1 N–H and O–H groups in total. The van der Waals surface area contributed by atoms with E-state index >= 15 is 0 Å². The Balaban J connectivity index is 2.04. The van der Waals surface area contributed by atoms with Gasteiger partial charge in [0.15, 0.2) is 0 Å². The van der Waals surface area contributed by atoms with E-state index in [4.69, 9.17) is 11.6 Å². The Kier molecular flexibility index (Phi) is 4.16.